The third-order valence-corrected chi connectivity index (χ3v) is 1.94. The molecule has 76 valence electrons. The van der Waals surface area contributed by atoms with Gasteiger partial charge in [0.05, 0.1) is 12.2 Å². The first kappa shape index (κ1) is 10.7. The van der Waals surface area contributed by atoms with E-state index in [4.69, 9.17) is 4.74 Å². The lowest BCUT2D eigenvalue weighted by atomic mass is 10.0. The molecule has 0 radical (unpaired) electrons. The van der Waals surface area contributed by atoms with Crippen LogP contribution in [0.1, 0.15) is 42.6 Å². The van der Waals surface area contributed by atoms with Crippen LogP contribution in [0.5, 0.6) is 0 Å². The van der Waals surface area contributed by atoms with Gasteiger partial charge in [0.2, 0.25) is 0 Å². The molecule has 0 bridgehead atoms. The first-order valence-electron chi connectivity index (χ1n) is 4.77. The lowest BCUT2D eigenvalue weighted by Crippen LogP contribution is -2.06. The number of ether oxygens (including phenoxy) is 1. The summed E-state index contributed by atoms with van der Waals surface area (Å²) >= 11 is 0. The van der Waals surface area contributed by atoms with Crippen molar-refractivity contribution in [1.29, 1.82) is 0 Å². The molecule has 3 heteroatoms. The van der Waals surface area contributed by atoms with Crippen LogP contribution in [-0.2, 0) is 4.74 Å². The fraction of sp³-hybridized carbons (Fsp3) is 0.455. The summed E-state index contributed by atoms with van der Waals surface area (Å²) in [6, 6.07) is 1.83. The normalized spacial score (nSPS) is 10.3. The predicted octanol–water partition coefficient (Wildman–Crippen LogP) is 2.38. The van der Waals surface area contributed by atoms with Crippen LogP contribution in [0.4, 0.5) is 0 Å². The minimum atomic E-state index is -0.303. The van der Waals surface area contributed by atoms with Crippen LogP contribution in [0.25, 0.3) is 0 Å². The molecule has 0 aliphatic heterocycles. The van der Waals surface area contributed by atoms with Gasteiger partial charge in [-0.2, -0.15) is 0 Å². The van der Waals surface area contributed by atoms with Crippen LogP contribution in [0.3, 0.4) is 0 Å². The van der Waals surface area contributed by atoms with E-state index in [0.29, 0.717) is 18.1 Å². The van der Waals surface area contributed by atoms with Crippen LogP contribution in [0, 0.1) is 0 Å². The Bertz CT molecular complexity index is 321. The summed E-state index contributed by atoms with van der Waals surface area (Å²) in [6.45, 7) is 6.31. The molecule has 0 saturated carbocycles. The molecule has 0 unspecified atom stereocenters. The molecule has 1 aromatic rings. The second-order valence-corrected chi connectivity index (χ2v) is 3.38. The first-order chi connectivity index (χ1) is 6.65. The summed E-state index contributed by atoms with van der Waals surface area (Å²) in [7, 11) is 0. The molecule has 0 spiro atoms. The van der Waals surface area contributed by atoms with E-state index in [1.807, 2.05) is 6.07 Å². The van der Waals surface area contributed by atoms with Gasteiger partial charge in [-0.1, -0.05) is 13.8 Å². The standard InChI is InChI=1S/C11H15NO2/c1-4-14-11(13)10-5-9(8(2)3)6-12-7-10/h5-8H,4H2,1-3H3. The Kier molecular flexibility index (Phi) is 3.63. The van der Waals surface area contributed by atoms with Gasteiger partial charge >= 0.3 is 5.97 Å². The summed E-state index contributed by atoms with van der Waals surface area (Å²) in [6.07, 6.45) is 3.30. The zero-order chi connectivity index (χ0) is 10.6. The Hall–Kier alpha value is -1.38. The fourth-order valence-corrected chi connectivity index (χ4v) is 1.10. The monoisotopic (exact) mass is 193 g/mol. The van der Waals surface area contributed by atoms with E-state index in [9.17, 15) is 4.79 Å². The molecule has 14 heavy (non-hydrogen) atoms. The number of nitrogens with zero attached hydrogens (tertiary/aromatic N) is 1. The number of carbonyl (C=O) groups excluding carboxylic acids is 1. The molecular weight excluding hydrogens is 178 g/mol. The van der Waals surface area contributed by atoms with E-state index in [1.165, 1.54) is 6.20 Å². The zero-order valence-electron chi connectivity index (χ0n) is 8.78. The number of esters is 1. The highest BCUT2D eigenvalue weighted by Gasteiger charge is 2.08. The largest absolute Gasteiger partial charge is 0.462 e. The number of rotatable bonds is 3. The van der Waals surface area contributed by atoms with Gasteiger partial charge in [-0.3, -0.25) is 4.98 Å². The molecule has 0 aromatic carbocycles. The summed E-state index contributed by atoms with van der Waals surface area (Å²) in [5.74, 6) is 0.0689. The molecule has 3 nitrogen and oxygen atoms in total. The lowest BCUT2D eigenvalue weighted by Gasteiger charge is -2.06. The Labute approximate surface area is 84.1 Å². The van der Waals surface area contributed by atoms with Crippen LogP contribution in [-0.4, -0.2) is 17.6 Å². The Morgan fingerprint density at radius 3 is 2.79 bits per heavy atom. The molecule has 0 fully saturated rings. The minimum Gasteiger partial charge on any atom is -0.462 e. The third kappa shape index (κ3) is 2.55. The molecule has 0 N–H and O–H groups in total. The highest BCUT2D eigenvalue weighted by atomic mass is 16.5. The second kappa shape index (κ2) is 4.74. The number of carbonyl (C=O) groups is 1. The zero-order valence-corrected chi connectivity index (χ0v) is 8.78. The molecule has 0 saturated heterocycles. The van der Waals surface area contributed by atoms with E-state index < -0.39 is 0 Å². The van der Waals surface area contributed by atoms with Crippen molar-refractivity contribution in [2.45, 2.75) is 26.7 Å². The Morgan fingerprint density at radius 2 is 2.21 bits per heavy atom. The molecule has 0 atom stereocenters. The first-order valence-corrected chi connectivity index (χ1v) is 4.77. The van der Waals surface area contributed by atoms with Gasteiger partial charge < -0.3 is 4.74 Å². The van der Waals surface area contributed by atoms with Gasteiger partial charge in [-0.05, 0) is 24.5 Å². The highest BCUT2D eigenvalue weighted by molar-refractivity contribution is 5.89. The van der Waals surface area contributed by atoms with Crippen molar-refractivity contribution in [3.8, 4) is 0 Å². The van der Waals surface area contributed by atoms with Crippen molar-refractivity contribution in [2.75, 3.05) is 6.61 Å². The topological polar surface area (TPSA) is 39.2 Å². The van der Waals surface area contributed by atoms with Crippen molar-refractivity contribution in [3.63, 3.8) is 0 Å². The second-order valence-electron chi connectivity index (χ2n) is 3.38. The summed E-state index contributed by atoms with van der Waals surface area (Å²) in [4.78, 5) is 15.4. The van der Waals surface area contributed by atoms with Gasteiger partial charge in [0.25, 0.3) is 0 Å². The van der Waals surface area contributed by atoms with Crippen LogP contribution < -0.4 is 0 Å². The van der Waals surface area contributed by atoms with Crippen molar-refractivity contribution in [3.05, 3.63) is 29.6 Å². The van der Waals surface area contributed by atoms with Crippen LogP contribution in [0.15, 0.2) is 18.5 Å². The molecule has 0 amide bonds. The van der Waals surface area contributed by atoms with Crippen LogP contribution >= 0.6 is 0 Å². The van der Waals surface area contributed by atoms with Crippen molar-refractivity contribution in [1.82, 2.24) is 4.98 Å². The van der Waals surface area contributed by atoms with Gasteiger partial charge in [0, 0.05) is 12.4 Å². The number of aromatic nitrogens is 1. The Morgan fingerprint density at radius 1 is 1.50 bits per heavy atom. The molecule has 1 aromatic heterocycles. The fourth-order valence-electron chi connectivity index (χ4n) is 1.10. The maximum Gasteiger partial charge on any atom is 0.339 e. The predicted molar refractivity (Wildman–Crippen MR) is 54.3 cm³/mol. The summed E-state index contributed by atoms with van der Waals surface area (Å²) in [5.41, 5.74) is 1.58. The molecule has 0 aliphatic rings. The van der Waals surface area contributed by atoms with E-state index in [2.05, 4.69) is 18.8 Å². The SMILES string of the molecule is CCOC(=O)c1cncc(C(C)C)c1. The quantitative estimate of drug-likeness (QED) is 0.692. The smallest absolute Gasteiger partial charge is 0.339 e. The number of hydrogen-bond donors (Lipinski definition) is 0. The maximum absolute atomic E-state index is 11.4. The van der Waals surface area contributed by atoms with Gasteiger partial charge in [0.15, 0.2) is 0 Å². The minimum absolute atomic E-state index is 0.303. The molecular formula is C11H15NO2. The van der Waals surface area contributed by atoms with Crippen molar-refractivity contribution in [2.24, 2.45) is 0 Å². The summed E-state index contributed by atoms with van der Waals surface area (Å²) in [5, 5.41) is 0. The van der Waals surface area contributed by atoms with Crippen LogP contribution in [0.2, 0.25) is 0 Å². The van der Waals surface area contributed by atoms with E-state index in [0.717, 1.165) is 5.56 Å². The molecule has 1 heterocycles. The molecule has 1 rings (SSSR count). The molecule has 0 aliphatic carbocycles. The van der Waals surface area contributed by atoms with E-state index >= 15 is 0 Å². The maximum atomic E-state index is 11.4. The lowest BCUT2D eigenvalue weighted by molar-refractivity contribution is 0.0525. The van der Waals surface area contributed by atoms with Gasteiger partial charge in [-0.15, -0.1) is 0 Å². The van der Waals surface area contributed by atoms with Crippen molar-refractivity contribution < 1.29 is 9.53 Å². The average molecular weight is 193 g/mol. The highest BCUT2D eigenvalue weighted by Crippen LogP contribution is 2.14. The van der Waals surface area contributed by atoms with E-state index in [-0.39, 0.29) is 5.97 Å². The number of pyridine rings is 1. The number of hydrogen-bond acceptors (Lipinski definition) is 3. The van der Waals surface area contributed by atoms with Gasteiger partial charge in [0.1, 0.15) is 0 Å². The van der Waals surface area contributed by atoms with E-state index in [1.54, 1.807) is 13.1 Å². The third-order valence-electron chi connectivity index (χ3n) is 1.94. The van der Waals surface area contributed by atoms with Crippen molar-refractivity contribution >= 4 is 5.97 Å². The average Bonchev–Trinajstić information content (AvgIpc) is 2.18. The summed E-state index contributed by atoms with van der Waals surface area (Å²) < 4.78 is 4.88. The van der Waals surface area contributed by atoms with Gasteiger partial charge in [-0.25, -0.2) is 4.79 Å². The Balaban J connectivity index is 2.88.